The van der Waals surface area contributed by atoms with Crippen molar-refractivity contribution in [2.45, 2.75) is 103 Å². The van der Waals surface area contributed by atoms with Gasteiger partial charge in [-0.05, 0) is 12.3 Å². The molecule has 1 aliphatic rings. The molecule has 1 nitrogen and oxygen atoms in total. The largest absolute Gasteiger partial charge is 0.237 e. The van der Waals surface area contributed by atoms with Gasteiger partial charge in [-0.2, -0.15) is 0 Å². The Bertz CT molecular complexity index is 173. The fraction of sp³-hybridized carbons (Fsp3) is 1.00. The van der Waals surface area contributed by atoms with E-state index < -0.39 is 0 Å². The summed E-state index contributed by atoms with van der Waals surface area (Å²) in [6.07, 6.45) is 22.3. The first-order valence-electron chi connectivity index (χ1n) is 9.01. The molecule has 0 aromatic heterocycles. The van der Waals surface area contributed by atoms with Crippen LogP contribution in [0.15, 0.2) is 0 Å². The van der Waals surface area contributed by atoms with E-state index in [1.54, 1.807) is 0 Å². The minimum Gasteiger partial charge on any atom is -0.237 e. The van der Waals surface area contributed by atoms with Crippen LogP contribution in [0.2, 0.25) is 0 Å². The number of rotatable bonds is 12. The third-order valence-electron chi connectivity index (χ3n) is 4.73. The van der Waals surface area contributed by atoms with E-state index in [4.69, 9.17) is 0 Å². The Balaban J connectivity index is 1.71. The highest BCUT2D eigenvalue weighted by Crippen LogP contribution is 2.28. The summed E-state index contributed by atoms with van der Waals surface area (Å²) in [5, 5.41) is 10.3. The molecule has 113 valence electrons. The van der Waals surface area contributed by atoms with Crippen LogP contribution in [-0.2, 0) is 5.11 Å². The van der Waals surface area contributed by atoms with Crippen molar-refractivity contribution in [1.82, 2.24) is 0 Å². The molecule has 1 fully saturated rings. The third kappa shape index (κ3) is 10.4. The van der Waals surface area contributed by atoms with Crippen LogP contribution in [0, 0.1) is 5.92 Å². The first kappa shape index (κ1) is 17.0. The second-order valence-corrected chi connectivity index (χ2v) is 6.53. The summed E-state index contributed by atoms with van der Waals surface area (Å²) in [4.78, 5) is 0. The summed E-state index contributed by atoms with van der Waals surface area (Å²) in [7, 11) is 0. The van der Waals surface area contributed by atoms with Crippen molar-refractivity contribution in [3.8, 4) is 0 Å². The van der Waals surface area contributed by atoms with Gasteiger partial charge in [0.05, 0.1) is 6.61 Å². The van der Waals surface area contributed by atoms with Gasteiger partial charge in [-0.15, -0.1) is 0 Å². The van der Waals surface area contributed by atoms with Crippen molar-refractivity contribution in [3.63, 3.8) is 0 Å². The zero-order valence-electron chi connectivity index (χ0n) is 13.0. The van der Waals surface area contributed by atoms with E-state index in [1.807, 2.05) is 0 Å². The van der Waals surface area contributed by atoms with Crippen LogP contribution >= 0.6 is 0 Å². The van der Waals surface area contributed by atoms with Crippen molar-refractivity contribution >= 4 is 0 Å². The van der Waals surface area contributed by atoms with Crippen molar-refractivity contribution < 1.29 is 5.11 Å². The molecule has 0 aromatic carbocycles. The van der Waals surface area contributed by atoms with Crippen molar-refractivity contribution in [3.05, 3.63) is 0 Å². The standard InChI is InChI=1S/C18H35O/c19-17-13-8-6-4-2-1-3-5-7-10-14-18-15-11-9-12-16-18/h18H,1-17H2. The van der Waals surface area contributed by atoms with Crippen LogP contribution in [0.25, 0.3) is 0 Å². The molecule has 1 heteroatoms. The lowest BCUT2D eigenvalue weighted by molar-refractivity contribution is 0.186. The van der Waals surface area contributed by atoms with E-state index >= 15 is 0 Å². The molecule has 0 atom stereocenters. The average Bonchev–Trinajstić information content (AvgIpc) is 2.46. The first-order valence-corrected chi connectivity index (χ1v) is 9.01. The molecule has 1 saturated carbocycles. The quantitative estimate of drug-likeness (QED) is 0.370. The maximum atomic E-state index is 10.3. The molecule has 0 unspecified atom stereocenters. The van der Waals surface area contributed by atoms with Gasteiger partial charge in [0.15, 0.2) is 0 Å². The SMILES string of the molecule is [O]CCCCCCCCCCCCC1CCCCC1. The van der Waals surface area contributed by atoms with Crippen LogP contribution in [0.3, 0.4) is 0 Å². The van der Waals surface area contributed by atoms with Crippen molar-refractivity contribution in [2.24, 2.45) is 5.92 Å². The van der Waals surface area contributed by atoms with Gasteiger partial charge < -0.3 is 0 Å². The molecule has 1 radical (unpaired) electrons. The molecule has 1 aliphatic carbocycles. The summed E-state index contributed by atoms with van der Waals surface area (Å²) in [6, 6.07) is 0. The Morgan fingerprint density at radius 2 is 1.05 bits per heavy atom. The molecule has 19 heavy (non-hydrogen) atoms. The molecule has 0 heterocycles. The molecule has 0 bridgehead atoms. The summed E-state index contributed by atoms with van der Waals surface area (Å²) in [5.74, 6) is 1.08. The van der Waals surface area contributed by atoms with E-state index in [9.17, 15) is 5.11 Å². The lowest BCUT2D eigenvalue weighted by atomic mass is 9.85. The van der Waals surface area contributed by atoms with Gasteiger partial charge >= 0.3 is 0 Å². The highest BCUT2D eigenvalue weighted by Gasteiger charge is 2.12. The van der Waals surface area contributed by atoms with Crippen LogP contribution in [0.4, 0.5) is 0 Å². The predicted molar refractivity (Wildman–Crippen MR) is 82.9 cm³/mol. The second-order valence-electron chi connectivity index (χ2n) is 6.53. The van der Waals surface area contributed by atoms with E-state index in [0.29, 0.717) is 0 Å². The normalized spacial score (nSPS) is 16.9. The maximum Gasteiger partial charge on any atom is 0.0822 e. The van der Waals surface area contributed by atoms with Gasteiger partial charge in [0.25, 0.3) is 0 Å². The van der Waals surface area contributed by atoms with Gasteiger partial charge in [0.2, 0.25) is 0 Å². The molecule has 0 saturated heterocycles. The highest BCUT2D eigenvalue weighted by molar-refractivity contribution is 4.65. The van der Waals surface area contributed by atoms with Gasteiger partial charge in [0, 0.05) is 0 Å². The maximum absolute atomic E-state index is 10.3. The van der Waals surface area contributed by atoms with Gasteiger partial charge in [-0.3, -0.25) is 0 Å². The smallest absolute Gasteiger partial charge is 0.0822 e. The lowest BCUT2D eigenvalue weighted by Gasteiger charge is -2.21. The Kier molecular flexibility index (Phi) is 11.6. The molecular weight excluding hydrogens is 232 g/mol. The van der Waals surface area contributed by atoms with Crippen LogP contribution in [0.1, 0.15) is 103 Å². The highest BCUT2D eigenvalue weighted by atomic mass is 16.2. The zero-order valence-corrected chi connectivity index (χ0v) is 13.0. The zero-order chi connectivity index (χ0) is 13.6. The number of hydrogen-bond donors (Lipinski definition) is 0. The average molecular weight is 267 g/mol. The van der Waals surface area contributed by atoms with E-state index in [0.717, 1.165) is 18.8 Å². The topological polar surface area (TPSA) is 19.9 Å². The molecule has 0 aromatic rings. The fourth-order valence-corrected chi connectivity index (χ4v) is 3.43. The summed E-state index contributed by atoms with van der Waals surface area (Å²) in [5.41, 5.74) is 0. The number of hydrogen-bond acceptors (Lipinski definition) is 0. The van der Waals surface area contributed by atoms with Gasteiger partial charge in [-0.25, -0.2) is 5.11 Å². The Labute approximate surface area is 121 Å². The van der Waals surface area contributed by atoms with Gasteiger partial charge in [0.1, 0.15) is 0 Å². The molecule has 1 rings (SSSR count). The molecule has 0 spiro atoms. The Morgan fingerprint density at radius 1 is 0.579 bits per heavy atom. The minimum absolute atomic E-state index is 0.126. The van der Waals surface area contributed by atoms with Crippen LogP contribution in [-0.4, -0.2) is 6.61 Å². The Hall–Kier alpha value is -0.0400. The van der Waals surface area contributed by atoms with Gasteiger partial charge in [-0.1, -0.05) is 96.3 Å². The van der Waals surface area contributed by atoms with E-state index in [-0.39, 0.29) is 6.61 Å². The third-order valence-corrected chi connectivity index (χ3v) is 4.73. The van der Waals surface area contributed by atoms with Crippen molar-refractivity contribution in [1.29, 1.82) is 0 Å². The van der Waals surface area contributed by atoms with Crippen LogP contribution in [0.5, 0.6) is 0 Å². The molecule has 0 amide bonds. The summed E-state index contributed by atoms with van der Waals surface area (Å²) in [6.45, 7) is 0.126. The van der Waals surface area contributed by atoms with Crippen molar-refractivity contribution in [2.75, 3.05) is 6.61 Å². The lowest BCUT2D eigenvalue weighted by Crippen LogP contribution is -2.05. The van der Waals surface area contributed by atoms with Crippen LogP contribution < -0.4 is 0 Å². The fourth-order valence-electron chi connectivity index (χ4n) is 3.43. The van der Waals surface area contributed by atoms with E-state index in [2.05, 4.69) is 0 Å². The molecular formula is C18H35O. The summed E-state index contributed by atoms with van der Waals surface area (Å²) >= 11 is 0. The second kappa shape index (κ2) is 13.0. The Morgan fingerprint density at radius 3 is 1.58 bits per heavy atom. The monoisotopic (exact) mass is 267 g/mol. The first-order chi connectivity index (χ1) is 9.43. The summed E-state index contributed by atoms with van der Waals surface area (Å²) < 4.78 is 0. The molecule has 0 N–H and O–H groups in total. The minimum atomic E-state index is 0.126. The molecule has 0 aliphatic heterocycles. The van der Waals surface area contributed by atoms with E-state index in [1.165, 1.54) is 89.9 Å². The predicted octanol–water partition coefficient (Wildman–Crippen LogP) is 6.29. The number of unbranched alkanes of at least 4 members (excludes halogenated alkanes) is 9.